The van der Waals surface area contributed by atoms with Crippen LogP contribution in [0.25, 0.3) is 0 Å². The molecule has 0 radical (unpaired) electrons. The highest BCUT2D eigenvalue weighted by Crippen LogP contribution is 2.21. The summed E-state index contributed by atoms with van der Waals surface area (Å²) >= 11 is 0. The summed E-state index contributed by atoms with van der Waals surface area (Å²) in [5.74, 6) is 0. The van der Waals surface area contributed by atoms with Crippen LogP contribution >= 0.6 is 0 Å². The van der Waals surface area contributed by atoms with Gasteiger partial charge in [-0.3, -0.25) is 0 Å². The lowest BCUT2D eigenvalue weighted by molar-refractivity contribution is -0.324. The van der Waals surface area contributed by atoms with Crippen LogP contribution in [0.3, 0.4) is 0 Å². The molecule has 1 heterocycles. The highest BCUT2D eigenvalue weighted by atomic mass is 28.2. The van der Waals surface area contributed by atoms with Gasteiger partial charge < -0.3 is 18.9 Å². The van der Waals surface area contributed by atoms with Gasteiger partial charge in [-0.25, -0.2) is 0 Å². The fourth-order valence-electron chi connectivity index (χ4n) is 2.21. The Morgan fingerprint density at radius 1 is 1.06 bits per heavy atom. The van der Waals surface area contributed by atoms with Crippen LogP contribution in [0.2, 0.25) is 0 Å². The molecule has 1 rings (SSSR count). The summed E-state index contributed by atoms with van der Waals surface area (Å²) in [4.78, 5) is 0. The fourth-order valence-corrected chi connectivity index (χ4v) is 4.51. The molecule has 0 aliphatic carbocycles. The van der Waals surface area contributed by atoms with Crippen LogP contribution in [0.5, 0.6) is 0 Å². The summed E-state index contributed by atoms with van der Waals surface area (Å²) in [6, 6.07) is 0. The molecule has 0 saturated carbocycles. The van der Waals surface area contributed by atoms with Crippen LogP contribution in [0.15, 0.2) is 0 Å². The Hall–Kier alpha value is 0.0569. The van der Waals surface area contributed by atoms with E-state index in [2.05, 4.69) is 0 Å². The molecule has 1 saturated heterocycles. The molecule has 4 nitrogen and oxygen atoms in total. The Bertz CT molecular complexity index is 178. The fraction of sp³-hybridized carbons (Fsp3) is 1.00. The minimum absolute atomic E-state index is 0.327. The molecular formula is C12H26O4Si. The number of hydrogen-bond acceptors (Lipinski definition) is 4. The minimum atomic E-state index is -0.778. The molecule has 102 valence electrons. The second kappa shape index (κ2) is 8.21. The first-order valence-corrected chi connectivity index (χ1v) is 8.32. The van der Waals surface area contributed by atoms with Gasteiger partial charge in [0.15, 0.2) is 9.52 Å². The predicted octanol–water partition coefficient (Wildman–Crippen LogP) is 1.40. The van der Waals surface area contributed by atoms with Gasteiger partial charge in [-0.1, -0.05) is 0 Å². The van der Waals surface area contributed by atoms with Gasteiger partial charge in [0.25, 0.3) is 5.60 Å². The van der Waals surface area contributed by atoms with Gasteiger partial charge in [-0.2, -0.15) is 0 Å². The molecule has 0 N–H and O–H groups in total. The third-order valence-corrected chi connectivity index (χ3v) is 5.06. The molecule has 0 bridgehead atoms. The SMILES string of the molecule is CCOC(OCC)(OCC)[SiH2]C1CCCCO1. The Morgan fingerprint density at radius 2 is 1.65 bits per heavy atom. The van der Waals surface area contributed by atoms with E-state index in [4.69, 9.17) is 18.9 Å². The van der Waals surface area contributed by atoms with Crippen LogP contribution < -0.4 is 0 Å². The third-order valence-electron chi connectivity index (χ3n) is 2.84. The van der Waals surface area contributed by atoms with E-state index in [0.717, 1.165) is 13.0 Å². The standard InChI is InChI=1S/C12H26O4Si/c1-4-14-12(15-5-2,16-6-3)17-11-9-7-8-10-13-11/h11H,4-10,17H2,1-3H3. The van der Waals surface area contributed by atoms with Crippen LogP contribution in [0, 0.1) is 0 Å². The van der Waals surface area contributed by atoms with E-state index in [1.54, 1.807) is 0 Å². The van der Waals surface area contributed by atoms with Crippen molar-refractivity contribution >= 4 is 9.52 Å². The predicted molar refractivity (Wildman–Crippen MR) is 69.7 cm³/mol. The number of rotatable bonds is 8. The summed E-state index contributed by atoms with van der Waals surface area (Å²) < 4.78 is 23.0. The van der Waals surface area contributed by atoms with Crippen molar-refractivity contribution in [2.24, 2.45) is 0 Å². The maximum atomic E-state index is 5.79. The largest absolute Gasteiger partial charge is 0.382 e. The van der Waals surface area contributed by atoms with Crippen LogP contribution in [0.1, 0.15) is 40.0 Å². The molecular weight excluding hydrogens is 236 g/mol. The molecule has 0 aromatic heterocycles. The Labute approximate surface area is 107 Å². The summed E-state index contributed by atoms with van der Waals surface area (Å²) in [5, 5.41) is 0. The van der Waals surface area contributed by atoms with Gasteiger partial charge >= 0.3 is 0 Å². The van der Waals surface area contributed by atoms with E-state index < -0.39 is 15.1 Å². The van der Waals surface area contributed by atoms with Crippen molar-refractivity contribution < 1.29 is 18.9 Å². The summed E-state index contributed by atoms with van der Waals surface area (Å²) in [6.45, 7) is 8.63. The van der Waals surface area contributed by atoms with Crippen molar-refractivity contribution in [3.05, 3.63) is 0 Å². The highest BCUT2D eigenvalue weighted by Gasteiger charge is 2.37. The third kappa shape index (κ3) is 5.05. The zero-order valence-corrected chi connectivity index (χ0v) is 12.8. The number of ether oxygens (including phenoxy) is 4. The molecule has 0 amide bonds. The van der Waals surface area contributed by atoms with Crippen molar-refractivity contribution in [2.75, 3.05) is 26.4 Å². The Kier molecular flexibility index (Phi) is 7.30. The Morgan fingerprint density at radius 3 is 2.06 bits per heavy atom. The molecule has 1 atom stereocenters. The van der Waals surface area contributed by atoms with Gasteiger partial charge in [0.2, 0.25) is 0 Å². The van der Waals surface area contributed by atoms with E-state index in [1.165, 1.54) is 12.8 Å². The highest BCUT2D eigenvalue weighted by molar-refractivity contribution is 6.40. The maximum Gasteiger partial charge on any atom is 0.252 e. The summed E-state index contributed by atoms with van der Waals surface area (Å²) in [5.41, 5.74) is -0.450. The molecule has 5 heteroatoms. The topological polar surface area (TPSA) is 36.9 Å². The first kappa shape index (κ1) is 15.1. The van der Waals surface area contributed by atoms with Crippen molar-refractivity contribution in [3.63, 3.8) is 0 Å². The van der Waals surface area contributed by atoms with E-state index in [-0.39, 0.29) is 0 Å². The molecule has 1 unspecified atom stereocenters. The molecule has 0 aromatic rings. The molecule has 1 aliphatic heterocycles. The first-order chi connectivity index (χ1) is 8.26. The van der Waals surface area contributed by atoms with Gasteiger partial charge in [-0.05, 0) is 40.0 Å². The maximum absolute atomic E-state index is 5.79. The van der Waals surface area contributed by atoms with E-state index in [9.17, 15) is 0 Å². The molecule has 1 fully saturated rings. The number of hydrogen-bond donors (Lipinski definition) is 0. The second-order valence-corrected chi connectivity index (χ2v) is 6.36. The molecule has 1 aliphatic rings. The van der Waals surface area contributed by atoms with Crippen LogP contribution in [0.4, 0.5) is 0 Å². The van der Waals surface area contributed by atoms with Crippen molar-refractivity contribution in [2.45, 2.75) is 51.4 Å². The van der Waals surface area contributed by atoms with Crippen molar-refractivity contribution in [3.8, 4) is 0 Å². The zero-order valence-electron chi connectivity index (χ0n) is 11.4. The van der Waals surface area contributed by atoms with E-state index >= 15 is 0 Å². The van der Waals surface area contributed by atoms with Gasteiger partial charge in [-0.15, -0.1) is 0 Å². The van der Waals surface area contributed by atoms with E-state index in [1.807, 2.05) is 20.8 Å². The molecule has 17 heavy (non-hydrogen) atoms. The average molecular weight is 262 g/mol. The van der Waals surface area contributed by atoms with Crippen LogP contribution in [-0.4, -0.2) is 47.3 Å². The second-order valence-electron chi connectivity index (χ2n) is 4.17. The van der Waals surface area contributed by atoms with Crippen molar-refractivity contribution in [1.82, 2.24) is 0 Å². The summed E-state index contributed by atoms with van der Waals surface area (Å²) in [6.07, 6.45) is 3.55. The van der Waals surface area contributed by atoms with Crippen LogP contribution in [-0.2, 0) is 18.9 Å². The lowest BCUT2D eigenvalue weighted by Gasteiger charge is -2.36. The first-order valence-electron chi connectivity index (χ1n) is 6.79. The normalized spacial score (nSPS) is 22.4. The monoisotopic (exact) mass is 262 g/mol. The lowest BCUT2D eigenvalue weighted by atomic mass is 10.2. The smallest absolute Gasteiger partial charge is 0.252 e. The molecule has 0 aromatic carbocycles. The van der Waals surface area contributed by atoms with Crippen molar-refractivity contribution in [1.29, 1.82) is 0 Å². The van der Waals surface area contributed by atoms with Gasteiger partial charge in [0.05, 0.1) is 5.73 Å². The minimum Gasteiger partial charge on any atom is -0.382 e. The van der Waals surface area contributed by atoms with Gasteiger partial charge in [0, 0.05) is 26.4 Å². The zero-order chi connectivity index (χ0) is 12.6. The quantitative estimate of drug-likeness (QED) is 0.489. The Balaban J connectivity index is 2.57. The summed E-state index contributed by atoms with van der Waals surface area (Å²) in [7, 11) is -0.749. The average Bonchev–Trinajstić information content (AvgIpc) is 2.31. The lowest BCUT2D eigenvalue weighted by Crippen LogP contribution is -2.51. The van der Waals surface area contributed by atoms with Gasteiger partial charge in [0.1, 0.15) is 0 Å². The van der Waals surface area contributed by atoms with E-state index in [0.29, 0.717) is 25.5 Å². The molecule has 0 spiro atoms.